The molecule has 1 saturated heterocycles. The van der Waals surface area contributed by atoms with Crippen LogP contribution in [0.5, 0.6) is 0 Å². The highest BCUT2D eigenvalue weighted by Crippen LogP contribution is 2.15. The highest BCUT2D eigenvalue weighted by atomic mass is 15.2. The lowest BCUT2D eigenvalue weighted by molar-refractivity contribution is 0.167. The van der Waals surface area contributed by atoms with Crippen LogP contribution in [0.15, 0.2) is 35.3 Å². The van der Waals surface area contributed by atoms with Crippen LogP contribution in [0.1, 0.15) is 39.3 Å². The summed E-state index contributed by atoms with van der Waals surface area (Å²) in [4.78, 5) is 10.8. The Morgan fingerprint density at radius 3 is 2.72 bits per heavy atom. The van der Waals surface area contributed by atoms with Crippen molar-refractivity contribution >= 4 is 16.9 Å². The smallest absolute Gasteiger partial charge is 0.191 e. The molecule has 136 valence electrons. The number of hydrogen-bond donors (Lipinski definition) is 3. The summed E-state index contributed by atoms with van der Waals surface area (Å²) in [5.41, 5.74) is 2.32. The van der Waals surface area contributed by atoms with Crippen molar-refractivity contribution < 1.29 is 0 Å². The van der Waals surface area contributed by atoms with Gasteiger partial charge in [-0.25, -0.2) is 4.99 Å². The minimum absolute atomic E-state index is 0.510. The van der Waals surface area contributed by atoms with Crippen LogP contribution in [0.3, 0.4) is 0 Å². The van der Waals surface area contributed by atoms with E-state index in [4.69, 9.17) is 4.99 Å². The Morgan fingerprint density at radius 2 is 2.04 bits per heavy atom. The summed E-state index contributed by atoms with van der Waals surface area (Å²) in [5, 5.41) is 8.24. The summed E-state index contributed by atoms with van der Waals surface area (Å²) in [6.07, 6.45) is 2.35. The number of nitrogens with one attached hydrogen (secondary N) is 3. The molecule has 0 unspecified atom stereocenters. The van der Waals surface area contributed by atoms with E-state index in [9.17, 15) is 0 Å². The maximum atomic E-state index is 4.78. The number of aromatic amines is 1. The molecule has 2 aromatic rings. The molecular weight excluding hydrogens is 310 g/mol. The Morgan fingerprint density at radius 1 is 1.28 bits per heavy atom. The third-order valence-corrected chi connectivity index (χ3v) is 4.94. The number of aliphatic imine (C=N–C) groups is 1. The van der Waals surface area contributed by atoms with Crippen LogP contribution in [-0.4, -0.2) is 47.6 Å². The van der Waals surface area contributed by atoms with Gasteiger partial charge in [-0.2, -0.15) is 0 Å². The van der Waals surface area contributed by atoms with Crippen molar-refractivity contribution in [2.75, 3.05) is 19.6 Å². The van der Waals surface area contributed by atoms with Gasteiger partial charge in [0.05, 0.1) is 6.54 Å². The van der Waals surface area contributed by atoms with Crippen LogP contribution < -0.4 is 10.6 Å². The predicted molar refractivity (Wildman–Crippen MR) is 106 cm³/mol. The Bertz CT molecular complexity index is 662. The average Bonchev–Trinajstić information content (AvgIpc) is 3.03. The summed E-state index contributed by atoms with van der Waals surface area (Å²) in [6, 6.07) is 11.7. The summed E-state index contributed by atoms with van der Waals surface area (Å²) in [6.45, 7) is 10.5. The third-order valence-electron chi connectivity index (χ3n) is 4.94. The van der Waals surface area contributed by atoms with Gasteiger partial charge in [0, 0.05) is 42.9 Å². The predicted octanol–water partition coefficient (Wildman–Crippen LogP) is 3.10. The molecule has 2 heterocycles. The Balaban J connectivity index is 1.59. The van der Waals surface area contributed by atoms with E-state index in [1.165, 1.54) is 23.7 Å². The minimum atomic E-state index is 0.510. The highest BCUT2D eigenvalue weighted by Gasteiger charge is 2.21. The van der Waals surface area contributed by atoms with Gasteiger partial charge in [0.25, 0.3) is 0 Å². The van der Waals surface area contributed by atoms with E-state index in [1.54, 1.807) is 0 Å². The first-order valence-electron chi connectivity index (χ1n) is 9.51. The van der Waals surface area contributed by atoms with Crippen molar-refractivity contribution in [1.29, 1.82) is 0 Å². The van der Waals surface area contributed by atoms with E-state index in [-0.39, 0.29) is 0 Å². The molecule has 1 aromatic heterocycles. The van der Waals surface area contributed by atoms with Crippen molar-refractivity contribution in [3.05, 3.63) is 36.0 Å². The van der Waals surface area contributed by atoms with Crippen LogP contribution in [0.2, 0.25) is 0 Å². The number of piperidine rings is 1. The van der Waals surface area contributed by atoms with Crippen LogP contribution in [0.4, 0.5) is 0 Å². The second-order valence-corrected chi connectivity index (χ2v) is 7.13. The molecule has 1 aromatic carbocycles. The molecule has 0 aliphatic carbocycles. The molecule has 1 fully saturated rings. The number of fused-ring (bicyclic) bond motifs is 1. The van der Waals surface area contributed by atoms with Crippen LogP contribution in [0.25, 0.3) is 10.9 Å². The van der Waals surface area contributed by atoms with E-state index >= 15 is 0 Å². The van der Waals surface area contributed by atoms with Gasteiger partial charge in [-0.1, -0.05) is 18.2 Å². The first-order chi connectivity index (χ1) is 12.2. The molecule has 0 radical (unpaired) electrons. The number of nitrogens with zero attached hydrogens (tertiary/aromatic N) is 2. The molecule has 1 aliphatic heterocycles. The molecule has 0 atom stereocenters. The van der Waals surface area contributed by atoms with E-state index in [1.807, 2.05) is 0 Å². The zero-order valence-electron chi connectivity index (χ0n) is 15.7. The highest BCUT2D eigenvalue weighted by molar-refractivity contribution is 5.81. The molecular formula is C20H31N5. The van der Waals surface area contributed by atoms with Crippen molar-refractivity contribution in [1.82, 2.24) is 20.5 Å². The van der Waals surface area contributed by atoms with E-state index in [0.717, 1.165) is 31.3 Å². The van der Waals surface area contributed by atoms with Gasteiger partial charge in [-0.05, 0) is 51.1 Å². The monoisotopic (exact) mass is 341 g/mol. The number of H-pyrrole nitrogens is 1. The van der Waals surface area contributed by atoms with Gasteiger partial charge in [-0.3, -0.25) is 0 Å². The fourth-order valence-electron chi connectivity index (χ4n) is 3.46. The van der Waals surface area contributed by atoms with Gasteiger partial charge in [-0.15, -0.1) is 0 Å². The SMILES string of the molecule is CCNC(=NCc1cc2ccccc2[nH]1)NC1CCN(C(C)C)CC1. The van der Waals surface area contributed by atoms with Crippen LogP contribution in [0, 0.1) is 0 Å². The zero-order chi connectivity index (χ0) is 17.6. The normalized spacial score (nSPS) is 17.4. The summed E-state index contributed by atoms with van der Waals surface area (Å²) in [5.74, 6) is 0.921. The zero-order valence-corrected chi connectivity index (χ0v) is 15.7. The van der Waals surface area contributed by atoms with Gasteiger partial charge in [0.15, 0.2) is 5.96 Å². The largest absolute Gasteiger partial charge is 0.357 e. The molecule has 5 nitrogen and oxygen atoms in total. The van der Waals surface area contributed by atoms with Crippen molar-refractivity contribution in [2.24, 2.45) is 4.99 Å². The molecule has 25 heavy (non-hydrogen) atoms. The number of likely N-dealkylation sites (tertiary alicyclic amines) is 1. The Labute approximate surface area is 150 Å². The molecule has 0 bridgehead atoms. The first-order valence-corrected chi connectivity index (χ1v) is 9.51. The van der Waals surface area contributed by atoms with Gasteiger partial charge in [0.1, 0.15) is 0 Å². The average molecular weight is 342 g/mol. The quantitative estimate of drug-likeness (QED) is 0.579. The maximum Gasteiger partial charge on any atom is 0.191 e. The van der Waals surface area contributed by atoms with Gasteiger partial charge >= 0.3 is 0 Å². The summed E-state index contributed by atoms with van der Waals surface area (Å²) >= 11 is 0. The van der Waals surface area contributed by atoms with E-state index in [2.05, 4.69) is 71.6 Å². The second kappa shape index (κ2) is 8.39. The number of aromatic nitrogens is 1. The van der Waals surface area contributed by atoms with Crippen LogP contribution in [-0.2, 0) is 6.54 Å². The third kappa shape index (κ3) is 4.75. The Hall–Kier alpha value is -2.01. The van der Waals surface area contributed by atoms with Crippen molar-refractivity contribution in [3.63, 3.8) is 0 Å². The topological polar surface area (TPSA) is 55.5 Å². The van der Waals surface area contributed by atoms with Crippen molar-refractivity contribution in [2.45, 2.75) is 52.2 Å². The number of guanidine groups is 1. The lowest BCUT2D eigenvalue weighted by Crippen LogP contribution is -2.49. The van der Waals surface area contributed by atoms with Crippen LogP contribution >= 0.6 is 0 Å². The first kappa shape index (κ1) is 17.8. The molecule has 5 heteroatoms. The summed E-state index contributed by atoms with van der Waals surface area (Å²) < 4.78 is 0. The molecule has 0 spiro atoms. The molecule has 3 N–H and O–H groups in total. The fraction of sp³-hybridized carbons (Fsp3) is 0.550. The Kier molecular flexibility index (Phi) is 5.97. The second-order valence-electron chi connectivity index (χ2n) is 7.13. The molecule has 0 amide bonds. The number of para-hydroxylation sites is 1. The van der Waals surface area contributed by atoms with E-state index in [0.29, 0.717) is 18.6 Å². The van der Waals surface area contributed by atoms with Gasteiger partial charge in [0.2, 0.25) is 0 Å². The fourth-order valence-corrected chi connectivity index (χ4v) is 3.46. The molecule has 1 aliphatic rings. The number of rotatable bonds is 5. The van der Waals surface area contributed by atoms with E-state index < -0.39 is 0 Å². The molecule has 0 saturated carbocycles. The number of hydrogen-bond acceptors (Lipinski definition) is 2. The lowest BCUT2D eigenvalue weighted by atomic mass is 10.0. The minimum Gasteiger partial charge on any atom is -0.357 e. The maximum absolute atomic E-state index is 4.78. The van der Waals surface area contributed by atoms with Gasteiger partial charge < -0.3 is 20.5 Å². The van der Waals surface area contributed by atoms with Crippen molar-refractivity contribution in [3.8, 4) is 0 Å². The number of benzene rings is 1. The lowest BCUT2D eigenvalue weighted by Gasteiger charge is -2.35. The standard InChI is InChI=1S/C20H31N5/c1-4-21-20(24-17-9-11-25(12-10-17)15(2)3)22-14-18-13-16-7-5-6-8-19(16)23-18/h5-8,13,15,17,23H,4,9-12,14H2,1-3H3,(H2,21,22,24). The molecule has 3 rings (SSSR count). The summed E-state index contributed by atoms with van der Waals surface area (Å²) in [7, 11) is 0.